The molecule has 1 atom stereocenters. The normalized spacial score (nSPS) is 12.5. The number of hydrogen-bond acceptors (Lipinski definition) is 3. The lowest BCUT2D eigenvalue weighted by Gasteiger charge is -2.07. The molecule has 0 spiro atoms. The summed E-state index contributed by atoms with van der Waals surface area (Å²) in [6.45, 7) is 3.99. The van der Waals surface area contributed by atoms with Crippen LogP contribution in [0.2, 0.25) is 0 Å². The summed E-state index contributed by atoms with van der Waals surface area (Å²) in [5, 5.41) is 17.6. The number of rotatable bonds is 4. The zero-order chi connectivity index (χ0) is 11.4. The highest BCUT2D eigenvalue weighted by Gasteiger charge is 2.13. The van der Waals surface area contributed by atoms with Crippen LogP contribution >= 0.6 is 11.8 Å². The molecule has 2 N–H and O–H groups in total. The van der Waals surface area contributed by atoms with E-state index < -0.39 is 11.4 Å². The van der Waals surface area contributed by atoms with Gasteiger partial charge in [-0.3, -0.25) is 0 Å². The standard InChI is InChI=1S/C11H14O3S/c1-7-3-8(2)5-9(4-7)6-15-11(14)10(12)13/h3-5,11,14H,6H2,1-2H3,(H,12,13). The van der Waals surface area contributed by atoms with Crippen molar-refractivity contribution in [2.45, 2.75) is 25.0 Å². The van der Waals surface area contributed by atoms with Crippen molar-refractivity contribution in [3.8, 4) is 0 Å². The highest BCUT2D eigenvalue weighted by Crippen LogP contribution is 2.18. The molecule has 0 aromatic heterocycles. The van der Waals surface area contributed by atoms with Gasteiger partial charge < -0.3 is 10.2 Å². The SMILES string of the molecule is Cc1cc(C)cc(CSC(O)C(=O)O)c1. The lowest BCUT2D eigenvalue weighted by molar-refractivity contribution is -0.141. The molecule has 4 heteroatoms. The van der Waals surface area contributed by atoms with E-state index in [1.54, 1.807) is 0 Å². The van der Waals surface area contributed by atoms with E-state index in [-0.39, 0.29) is 0 Å². The summed E-state index contributed by atoms with van der Waals surface area (Å²) < 4.78 is 0. The maximum atomic E-state index is 10.4. The van der Waals surface area contributed by atoms with Crippen molar-refractivity contribution in [3.63, 3.8) is 0 Å². The summed E-state index contributed by atoms with van der Waals surface area (Å²) in [4.78, 5) is 10.4. The van der Waals surface area contributed by atoms with Crippen LogP contribution in [0.25, 0.3) is 0 Å². The molecule has 82 valence electrons. The number of aliphatic carboxylic acids is 1. The van der Waals surface area contributed by atoms with Crippen molar-refractivity contribution in [2.24, 2.45) is 0 Å². The van der Waals surface area contributed by atoms with Crippen molar-refractivity contribution >= 4 is 17.7 Å². The molecule has 0 saturated carbocycles. The molecule has 0 amide bonds. The Morgan fingerprint density at radius 2 is 1.87 bits per heavy atom. The van der Waals surface area contributed by atoms with E-state index in [4.69, 9.17) is 10.2 Å². The van der Waals surface area contributed by atoms with E-state index in [2.05, 4.69) is 6.07 Å². The topological polar surface area (TPSA) is 57.5 Å². The summed E-state index contributed by atoms with van der Waals surface area (Å²) in [6, 6.07) is 6.05. The fourth-order valence-corrected chi connectivity index (χ4v) is 2.06. The minimum atomic E-state index is -1.34. The molecule has 1 aromatic rings. The smallest absolute Gasteiger partial charge is 0.343 e. The fraction of sp³-hybridized carbons (Fsp3) is 0.364. The third-order valence-corrected chi connectivity index (χ3v) is 2.92. The van der Waals surface area contributed by atoms with Gasteiger partial charge in [0.1, 0.15) is 0 Å². The second-order valence-corrected chi connectivity index (χ2v) is 4.57. The molecule has 1 aromatic carbocycles. The number of aliphatic hydroxyl groups is 1. The van der Waals surface area contributed by atoms with Gasteiger partial charge in [0.05, 0.1) is 0 Å². The second kappa shape index (κ2) is 5.19. The van der Waals surface area contributed by atoms with Crippen LogP contribution in [0, 0.1) is 13.8 Å². The van der Waals surface area contributed by atoms with Crippen LogP contribution in [-0.2, 0) is 10.5 Å². The van der Waals surface area contributed by atoms with Crippen molar-refractivity contribution in [3.05, 3.63) is 34.9 Å². The summed E-state index contributed by atoms with van der Waals surface area (Å²) in [7, 11) is 0. The lowest BCUT2D eigenvalue weighted by Crippen LogP contribution is -2.15. The van der Waals surface area contributed by atoms with Crippen molar-refractivity contribution < 1.29 is 15.0 Å². The van der Waals surface area contributed by atoms with Crippen LogP contribution < -0.4 is 0 Å². The number of carboxylic acids is 1. The predicted molar refractivity (Wildman–Crippen MR) is 60.9 cm³/mol. The summed E-state index contributed by atoms with van der Waals surface area (Å²) >= 11 is 1.01. The van der Waals surface area contributed by atoms with Gasteiger partial charge in [-0.2, -0.15) is 0 Å². The Kier molecular flexibility index (Phi) is 4.17. The first-order valence-corrected chi connectivity index (χ1v) is 5.63. The minimum Gasteiger partial charge on any atom is -0.479 e. The predicted octanol–water partition coefficient (Wildman–Crippen LogP) is 1.94. The molecular formula is C11H14O3S. The van der Waals surface area contributed by atoms with E-state index in [0.29, 0.717) is 5.75 Å². The Bertz CT molecular complexity index is 343. The molecule has 0 aliphatic carbocycles. The molecule has 0 bridgehead atoms. The molecule has 0 aliphatic rings. The van der Waals surface area contributed by atoms with Gasteiger partial charge in [-0.25, -0.2) is 4.79 Å². The van der Waals surface area contributed by atoms with Crippen LogP contribution in [0.5, 0.6) is 0 Å². The number of carbonyl (C=O) groups is 1. The van der Waals surface area contributed by atoms with Crippen molar-refractivity contribution in [2.75, 3.05) is 0 Å². The van der Waals surface area contributed by atoms with Gasteiger partial charge in [0.15, 0.2) is 5.44 Å². The average molecular weight is 226 g/mol. The zero-order valence-corrected chi connectivity index (χ0v) is 9.54. The third-order valence-electron chi connectivity index (χ3n) is 1.90. The molecule has 15 heavy (non-hydrogen) atoms. The van der Waals surface area contributed by atoms with Crippen molar-refractivity contribution in [1.82, 2.24) is 0 Å². The first-order valence-electron chi connectivity index (χ1n) is 4.58. The van der Waals surface area contributed by atoms with Gasteiger partial charge in [-0.05, 0) is 19.4 Å². The number of carboxylic acid groups (broad SMARTS) is 1. The van der Waals surface area contributed by atoms with E-state index >= 15 is 0 Å². The van der Waals surface area contributed by atoms with Crippen LogP contribution in [0.15, 0.2) is 18.2 Å². The van der Waals surface area contributed by atoms with Crippen LogP contribution in [-0.4, -0.2) is 21.6 Å². The molecule has 0 aliphatic heterocycles. The molecular weight excluding hydrogens is 212 g/mol. The second-order valence-electron chi connectivity index (χ2n) is 3.50. The quantitative estimate of drug-likeness (QED) is 0.770. The van der Waals surface area contributed by atoms with Gasteiger partial charge in [0, 0.05) is 5.75 Å². The molecule has 0 heterocycles. The van der Waals surface area contributed by atoms with E-state index in [9.17, 15) is 4.79 Å². The maximum Gasteiger partial charge on any atom is 0.343 e. The minimum absolute atomic E-state index is 0.510. The highest BCUT2D eigenvalue weighted by atomic mass is 32.2. The van der Waals surface area contributed by atoms with E-state index in [1.165, 1.54) is 0 Å². The first kappa shape index (κ1) is 12.1. The van der Waals surface area contributed by atoms with Crippen molar-refractivity contribution in [1.29, 1.82) is 0 Å². The molecule has 1 unspecified atom stereocenters. The summed E-state index contributed by atoms with van der Waals surface area (Å²) in [6.07, 6.45) is 0. The summed E-state index contributed by atoms with van der Waals surface area (Å²) in [5.74, 6) is -0.680. The van der Waals surface area contributed by atoms with Crippen LogP contribution in [0.1, 0.15) is 16.7 Å². The Balaban J connectivity index is 2.61. The van der Waals surface area contributed by atoms with Gasteiger partial charge in [-0.1, -0.05) is 29.3 Å². The van der Waals surface area contributed by atoms with Gasteiger partial charge in [0.2, 0.25) is 0 Å². The fourth-order valence-electron chi connectivity index (χ4n) is 1.40. The first-order chi connectivity index (χ1) is 6.99. The largest absolute Gasteiger partial charge is 0.479 e. The average Bonchev–Trinajstić information content (AvgIpc) is 2.12. The van der Waals surface area contributed by atoms with Gasteiger partial charge >= 0.3 is 5.97 Å². The lowest BCUT2D eigenvalue weighted by atomic mass is 10.1. The number of hydrogen-bond donors (Lipinski definition) is 2. The number of thioether (sulfide) groups is 1. The van der Waals surface area contributed by atoms with Crippen LogP contribution in [0.4, 0.5) is 0 Å². The molecule has 0 saturated heterocycles. The molecule has 0 radical (unpaired) electrons. The summed E-state index contributed by atoms with van der Waals surface area (Å²) in [5.41, 5.74) is 1.99. The number of aliphatic hydroxyl groups excluding tert-OH is 1. The zero-order valence-electron chi connectivity index (χ0n) is 8.73. The molecule has 3 nitrogen and oxygen atoms in total. The maximum absolute atomic E-state index is 10.4. The monoisotopic (exact) mass is 226 g/mol. The van der Waals surface area contributed by atoms with Crippen LogP contribution in [0.3, 0.4) is 0 Å². The Morgan fingerprint density at radius 1 is 1.33 bits per heavy atom. The Labute approximate surface area is 93.1 Å². The number of benzene rings is 1. The third kappa shape index (κ3) is 3.93. The molecule has 0 fully saturated rings. The molecule has 1 rings (SSSR count). The van der Waals surface area contributed by atoms with E-state index in [1.807, 2.05) is 26.0 Å². The number of aryl methyl sites for hydroxylation is 2. The van der Waals surface area contributed by atoms with E-state index in [0.717, 1.165) is 28.5 Å². The van der Waals surface area contributed by atoms with Gasteiger partial charge in [-0.15, -0.1) is 11.8 Å². The Morgan fingerprint density at radius 3 is 2.33 bits per heavy atom. The Hall–Kier alpha value is -1.00. The van der Waals surface area contributed by atoms with Gasteiger partial charge in [0.25, 0.3) is 0 Å². The highest BCUT2D eigenvalue weighted by molar-refractivity contribution is 7.99.